The number of amides is 1. The van der Waals surface area contributed by atoms with Crippen LogP contribution in [0, 0.1) is 0 Å². The number of alkyl halides is 3. The van der Waals surface area contributed by atoms with Crippen LogP contribution in [0.4, 0.5) is 13.2 Å². The van der Waals surface area contributed by atoms with Crippen LogP contribution in [0.5, 0.6) is 0 Å². The maximum absolute atomic E-state index is 13.0. The molecule has 0 aromatic carbocycles. The number of thioether (sulfide) groups is 1. The van der Waals surface area contributed by atoms with Crippen molar-refractivity contribution in [1.82, 2.24) is 5.32 Å². The normalized spacial score (nSPS) is 16.0. The third kappa shape index (κ3) is 4.60. The topological polar surface area (TPSA) is 41.5 Å². The molecule has 23 heavy (non-hydrogen) atoms. The van der Waals surface area contributed by atoms with Gasteiger partial charge in [0.15, 0.2) is 0 Å². The van der Waals surface area contributed by atoms with E-state index in [9.17, 15) is 18.0 Å². The number of hydrogen-bond acceptors (Lipinski definition) is 4. The Kier molecular flexibility index (Phi) is 7.34. The number of allylic oxidation sites excluding steroid dienone is 2. The van der Waals surface area contributed by atoms with E-state index in [0.29, 0.717) is 26.9 Å². The van der Waals surface area contributed by atoms with Gasteiger partial charge in [0.25, 0.3) is 5.91 Å². The Hall–Kier alpha value is -1.28. The van der Waals surface area contributed by atoms with Crippen LogP contribution in [0.1, 0.15) is 35.3 Å². The number of carbonyl (C=O) groups excluding carboxylic acids is 1. The smallest absolute Gasteiger partial charge is 0.350 e. The van der Waals surface area contributed by atoms with Crippen LogP contribution in [-0.4, -0.2) is 37.1 Å². The van der Waals surface area contributed by atoms with Crippen LogP contribution in [0.2, 0.25) is 0 Å². The lowest BCUT2D eigenvalue weighted by molar-refractivity contribution is -0.0861. The highest BCUT2D eigenvalue weighted by molar-refractivity contribution is 7.99. The Labute approximate surface area is 142 Å². The van der Waals surface area contributed by atoms with Gasteiger partial charge in [0.1, 0.15) is 4.88 Å². The predicted octanol–water partition coefficient (Wildman–Crippen LogP) is 4.54. The van der Waals surface area contributed by atoms with Crippen molar-refractivity contribution in [2.75, 3.05) is 19.3 Å². The van der Waals surface area contributed by atoms with Gasteiger partial charge in [-0.1, -0.05) is 19.9 Å². The van der Waals surface area contributed by atoms with Gasteiger partial charge in [-0.05, 0) is 13.0 Å². The number of aliphatic imine (C=N–C) groups is 1. The van der Waals surface area contributed by atoms with Crippen molar-refractivity contribution in [2.24, 2.45) is 4.99 Å². The van der Waals surface area contributed by atoms with E-state index in [-0.39, 0.29) is 11.6 Å². The van der Waals surface area contributed by atoms with E-state index >= 15 is 0 Å². The number of nitrogens with one attached hydrogen (secondary N) is 1. The van der Waals surface area contributed by atoms with Gasteiger partial charge < -0.3 is 5.32 Å². The molecule has 1 aromatic rings. The second kappa shape index (κ2) is 8.54. The Bertz CT molecular complexity index is 619. The van der Waals surface area contributed by atoms with Crippen LogP contribution in [0.3, 0.4) is 0 Å². The summed E-state index contributed by atoms with van der Waals surface area (Å²) in [5.41, 5.74) is -0.914. The summed E-state index contributed by atoms with van der Waals surface area (Å²) in [5, 5.41) is 2.72. The lowest BCUT2D eigenvalue weighted by atomic mass is 10.1. The van der Waals surface area contributed by atoms with Gasteiger partial charge in [0, 0.05) is 24.2 Å². The summed E-state index contributed by atoms with van der Waals surface area (Å²) in [6.45, 7) is 5.88. The molecule has 0 saturated heterocycles. The van der Waals surface area contributed by atoms with E-state index < -0.39 is 11.7 Å². The molecule has 2 rings (SSSR count). The zero-order chi connectivity index (χ0) is 17.6. The van der Waals surface area contributed by atoms with Crippen LogP contribution < -0.4 is 5.32 Å². The predicted molar refractivity (Wildman–Crippen MR) is 91.0 cm³/mol. The zero-order valence-corrected chi connectivity index (χ0v) is 15.0. The summed E-state index contributed by atoms with van der Waals surface area (Å²) >= 11 is 2.50. The summed E-state index contributed by atoms with van der Waals surface area (Å²) in [6.07, 6.45) is -3.47. The Morgan fingerprint density at radius 1 is 1.39 bits per heavy atom. The number of halogens is 3. The molecular formula is C15H19F3N2OS2. The first-order valence-corrected chi connectivity index (χ1v) is 8.94. The molecule has 1 aliphatic rings. The molecule has 0 radical (unpaired) electrons. The summed E-state index contributed by atoms with van der Waals surface area (Å²) in [5.74, 6) is 0.458. The minimum Gasteiger partial charge on any atom is -0.350 e. The molecule has 2 heterocycles. The monoisotopic (exact) mass is 364 g/mol. The first kappa shape index (κ1) is 19.8. The Balaban J connectivity index is 0.00000127. The Morgan fingerprint density at radius 3 is 2.57 bits per heavy atom. The SMILES string of the molecule is C/C=C(\C(=NC)c1cc2c(s1)C(=O)NCCS2)C(F)(F)F.CC. The van der Waals surface area contributed by atoms with E-state index in [1.165, 1.54) is 25.7 Å². The molecule has 1 aliphatic heterocycles. The average molecular weight is 364 g/mol. The van der Waals surface area contributed by atoms with Gasteiger partial charge in [-0.3, -0.25) is 9.79 Å². The van der Waals surface area contributed by atoms with Crippen LogP contribution in [0.25, 0.3) is 0 Å². The van der Waals surface area contributed by atoms with E-state index in [4.69, 9.17) is 0 Å². The highest BCUT2D eigenvalue weighted by Gasteiger charge is 2.37. The third-order valence-corrected chi connectivity index (χ3v) is 5.17. The molecule has 0 spiro atoms. The molecule has 1 amide bonds. The Morgan fingerprint density at radius 2 is 2.04 bits per heavy atom. The second-order valence-electron chi connectivity index (χ2n) is 4.18. The number of nitrogens with zero attached hydrogens (tertiary/aromatic N) is 1. The van der Waals surface area contributed by atoms with E-state index in [1.807, 2.05) is 13.8 Å². The van der Waals surface area contributed by atoms with E-state index in [1.54, 1.807) is 6.07 Å². The van der Waals surface area contributed by atoms with Gasteiger partial charge in [-0.15, -0.1) is 23.1 Å². The average Bonchev–Trinajstić information content (AvgIpc) is 2.86. The minimum atomic E-state index is -4.47. The first-order chi connectivity index (χ1) is 10.9. The maximum Gasteiger partial charge on any atom is 0.418 e. The van der Waals surface area contributed by atoms with Gasteiger partial charge in [-0.25, -0.2) is 0 Å². The molecule has 8 heteroatoms. The quantitative estimate of drug-likeness (QED) is 0.783. The number of thiophene rings is 1. The van der Waals surface area contributed by atoms with Crippen molar-refractivity contribution in [3.8, 4) is 0 Å². The van der Waals surface area contributed by atoms with Crippen LogP contribution in [0.15, 0.2) is 27.6 Å². The molecular weight excluding hydrogens is 345 g/mol. The number of rotatable bonds is 2. The van der Waals surface area contributed by atoms with Crippen molar-refractivity contribution in [1.29, 1.82) is 0 Å². The van der Waals surface area contributed by atoms with Crippen molar-refractivity contribution in [2.45, 2.75) is 31.8 Å². The van der Waals surface area contributed by atoms with Crippen LogP contribution >= 0.6 is 23.1 Å². The lowest BCUT2D eigenvalue weighted by Gasteiger charge is -2.12. The number of carbonyl (C=O) groups is 1. The molecule has 0 fully saturated rings. The molecule has 3 nitrogen and oxygen atoms in total. The molecule has 0 unspecified atom stereocenters. The summed E-state index contributed by atoms with van der Waals surface area (Å²) in [6, 6.07) is 1.62. The van der Waals surface area contributed by atoms with Gasteiger partial charge in [0.05, 0.1) is 16.2 Å². The van der Waals surface area contributed by atoms with Crippen molar-refractivity contribution < 1.29 is 18.0 Å². The van der Waals surface area contributed by atoms with E-state index in [0.717, 1.165) is 17.4 Å². The fourth-order valence-corrected chi connectivity index (χ4v) is 4.20. The largest absolute Gasteiger partial charge is 0.418 e. The molecule has 1 N–H and O–H groups in total. The van der Waals surface area contributed by atoms with Crippen molar-refractivity contribution in [3.05, 3.63) is 27.5 Å². The molecule has 128 valence electrons. The minimum absolute atomic E-state index is 0.128. The summed E-state index contributed by atoms with van der Waals surface area (Å²) in [7, 11) is 1.32. The standard InChI is InChI=1S/C13H13F3N2OS2.C2H6/c1-3-7(13(14,15)16)10(17-2)8-6-9-11(21-8)12(19)18-4-5-20-9;1-2/h3,6H,4-5H2,1-2H3,(H,18,19);1-2H3/b7-3+,17-10?;. The van der Waals surface area contributed by atoms with Gasteiger partial charge in [-0.2, -0.15) is 13.2 Å². The lowest BCUT2D eigenvalue weighted by Crippen LogP contribution is -2.23. The molecule has 0 aliphatic carbocycles. The summed E-state index contributed by atoms with van der Waals surface area (Å²) < 4.78 is 39.1. The zero-order valence-electron chi connectivity index (χ0n) is 13.4. The molecule has 0 saturated carbocycles. The second-order valence-corrected chi connectivity index (χ2v) is 6.37. The third-order valence-electron chi connectivity index (χ3n) is 2.86. The van der Waals surface area contributed by atoms with Gasteiger partial charge in [0.2, 0.25) is 0 Å². The van der Waals surface area contributed by atoms with E-state index in [2.05, 4.69) is 10.3 Å². The molecule has 0 bridgehead atoms. The summed E-state index contributed by atoms with van der Waals surface area (Å²) in [4.78, 5) is 17.2. The molecule has 1 aromatic heterocycles. The fraction of sp³-hybridized carbons (Fsp3) is 0.467. The number of hydrogen-bond donors (Lipinski definition) is 1. The fourth-order valence-electron chi connectivity index (χ4n) is 1.96. The van der Waals surface area contributed by atoms with Crippen LogP contribution in [-0.2, 0) is 0 Å². The highest BCUT2D eigenvalue weighted by atomic mass is 32.2. The van der Waals surface area contributed by atoms with Crippen molar-refractivity contribution in [3.63, 3.8) is 0 Å². The number of fused-ring (bicyclic) bond motifs is 1. The van der Waals surface area contributed by atoms with Crippen molar-refractivity contribution >= 4 is 34.7 Å². The highest BCUT2D eigenvalue weighted by Crippen LogP contribution is 2.36. The maximum atomic E-state index is 13.0. The van der Waals surface area contributed by atoms with Gasteiger partial charge >= 0.3 is 6.18 Å². The first-order valence-electron chi connectivity index (χ1n) is 7.14. The molecule has 0 atom stereocenters.